The molecule has 0 unspecified atom stereocenters. The van der Waals surface area contributed by atoms with Crippen molar-refractivity contribution in [1.82, 2.24) is 25.0 Å². The van der Waals surface area contributed by atoms with Gasteiger partial charge in [-0.15, -0.1) is 5.10 Å². The summed E-state index contributed by atoms with van der Waals surface area (Å²) in [5.41, 5.74) is 0. The molecule has 0 spiro atoms. The monoisotopic (exact) mass is 207 g/mol. The maximum atomic E-state index is 4.22. The Morgan fingerprint density at radius 1 is 1.40 bits per heavy atom. The van der Waals surface area contributed by atoms with Crippen molar-refractivity contribution in [3.05, 3.63) is 30.6 Å². The standard InChI is InChI=1S/C8H14N2.C2H3N3/c1-3-4-5-8-9-6-7-10(8)2;1-2-4-5-3-1/h6-7H,3-5H2,1-2H3;1-2H,(H,3,4,5). The Labute approximate surface area is 89.5 Å². The van der Waals surface area contributed by atoms with Gasteiger partial charge in [0, 0.05) is 32.1 Å². The predicted octanol–water partition coefficient (Wildman–Crippen LogP) is 1.57. The van der Waals surface area contributed by atoms with E-state index in [4.69, 9.17) is 0 Å². The Balaban J connectivity index is 0.000000187. The highest BCUT2D eigenvalue weighted by Crippen LogP contribution is 2.00. The molecule has 5 heteroatoms. The molecule has 0 saturated carbocycles. The molecular weight excluding hydrogens is 190 g/mol. The van der Waals surface area contributed by atoms with E-state index < -0.39 is 0 Å². The van der Waals surface area contributed by atoms with Crippen molar-refractivity contribution >= 4 is 0 Å². The van der Waals surface area contributed by atoms with Crippen molar-refractivity contribution in [3.8, 4) is 0 Å². The summed E-state index contributed by atoms with van der Waals surface area (Å²) < 4.78 is 2.08. The summed E-state index contributed by atoms with van der Waals surface area (Å²) in [5.74, 6) is 1.20. The summed E-state index contributed by atoms with van der Waals surface area (Å²) in [6.45, 7) is 2.20. The number of aryl methyl sites for hydroxylation is 2. The van der Waals surface area contributed by atoms with Crippen LogP contribution in [0.3, 0.4) is 0 Å². The van der Waals surface area contributed by atoms with Gasteiger partial charge in [-0.25, -0.2) is 4.98 Å². The van der Waals surface area contributed by atoms with Gasteiger partial charge in [-0.1, -0.05) is 18.6 Å². The molecule has 82 valence electrons. The number of rotatable bonds is 3. The van der Waals surface area contributed by atoms with Crippen LogP contribution in [0.4, 0.5) is 0 Å². The van der Waals surface area contributed by atoms with Crippen LogP contribution in [0.25, 0.3) is 0 Å². The molecule has 2 aromatic heterocycles. The first-order chi connectivity index (χ1) is 7.34. The number of hydrogen-bond acceptors (Lipinski definition) is 3. The van der Waals surface area contributed by atoms with Crippen molar-refractivity contribution in [2.75, 3.05) is 0 Å². The maximum absolute atomic E-state index is 4.22. The van der Waals surface area contributed by atoms with Crippen LogP contribution in [0.2, 0.25) is 0 Å². The van der Waals surface area contributed by atoms with E-state index in [0.717, 1.165) is 6.42 Å². The first kappa shape index (κ1) is 11.4. The molecule has 2 aromatic rings. The summed E-state index contributed by atoms with van der Waals surface area (Å²) in [6.07, 6.45) is 10.7. The molecule has 0 aliphatic carbocycles. The van der Waals surface area contributed by atoms with E-state index in [0.29, 0.717) is 0 Å². The average molecular weight is 207 g/mol. The molecule has 1 N–H and O–H groups in total. The average Bonchev–Trinajstić information content (AvgIpc) is 2.89. The number of H-pyrrole nitrogens is 1. The van der Waals surface area contributed by atoms with Crippen molar-refractivity contribution in [2.24, 2.45) is 7.05 Å². The fraction of sp³-hybridized carbons (Fsp3) is 0.500. The normalized spacial score (nSPS) is 9.47. The predicted molar refractivity (Wildman–Crippen MR) is 58.2 cm³/mol. The van der Waals surface area contributed by atoms with Gasteiger partial charge in [0.15, 0.2) is 0 Å². The molecule has 0 aromatic carbocycles. The molecule has 2 heterocycles. The quantitative estimate of drug-likeness (QED) is 0.831. The molecule has 0 atom stereocenters. The van der Waals surface area contributed by atoms with Crippen LogP contribution in [0.5, 0.6) is 0 Å². The Kier molecular flexibility index (Phi) is 5.14. The smallest absolute Gasteiger partial charge is 0.108 e. The Morgan fingerprint density at radius 2 is 2.27 bits per heavy atom. The Morgan fingerprint density at radius 3 is 2.67 bits per heavy atom. The molecule has 0 radical (unpaired) electrons. The van der Waals surface area contributed by atoms with E-state index in [1.807, 2.05) is 19.4 Å². The van der Waals surface area contributed by atoms with Gasteiger partial charge in [-0.3, -0.25) is 5.10 Å². The number of aromatic amines is 1. The fourth-order valence-electron chi connectivity index (χ4n) is 1.14. The van der Waals surface area contributed by atoms with Gasteiger partial charge in [0.05, 0.1) is 6.20 Å². The zero-order chi connectivity index (χ0) is 10.9. The van der Waals surface area contributed by atoms with Gasteiger partial charge in [0.2, 0.25) is 0 Å². The number of nitrogens with one attached hydrogen (secondary N) is 1. The second-order valence-corrected chi connectivity index (χ2v) is 3.22. The van der Waals surface area contributed by atoms with Crippen LogP contribution in [-0.2, 0) is 13.5 Å². The van der Waals surface area contributed by atoms with E-state index >= 15 is 0 Å². The number of nitrogens with zero attached hydrogens (tertiary/aromatic N) is 4. The fourth-order valence-corrected chi connectivity index (χ4v) is 1.14. The highest BCUT2D eigenvalue weighted by atomic mass is 15.3. The van der Waals surface area contributed by atoms with Crippen molar-refractivity contribution in [2.45, 2.75) is 26.2 Å². The molecule has 5 nitrogen and oxygen atoms in total. The molecule has 0 aliphatic heterocycles. The third kappa shape index (κ3) is 4.39. The van der Waals surface area contributed by atoms with Gasteiger partial charge in [0.25, 0.3) is 0 Å². The summed E-state index contributed by atoms with van der Waals surface area (Å²) in [6, 6.07) is 0. The van der Waals surface area contributed by atoms with E-state index in [9.17, 15) is 0 Å². The first-order valence-corrected chi connectivity index (χ1v) is 5.11. The summed E-state index contributed by atoms with van der Waals surface area (Å²) >= 11 is 0. The third-order valence-corrected chi connectivity index (χ3v) is 2.01. The highest BCUT2D eigenvalue weighted by Gasteiger charge is 1.95. The minimum Gasteiger partial charge on any atom is -0.338 e. The van der Waals surface area contributed by atoms with Crippen molar-refractivity contribution < 1.29 is 0 Å². The molecule has 15 heavy (non-hydrogen) atoms. The van der Waals surface area contributed by atoms with Crippen LogP contribution < -0.4 is 0 Å². The molecule has 0 bridgehead atoms. The van der Waals surface area contributed by atoms with E-state index in [1.54, 1.807) is 12.4 Å². The van der Waals surface area contributed by atoms with E-state index in [2.05, 4.69) is 31.9 Å². The maximum Gasteiger partial charge on any atom is 0.108 e. The van der Waals surface area contributed by atoms with E-state index in [1.165, 1.54) is 18.7 Å². The van der Waals surface area contributed by atoms with Gasteiger partial charge in [-0.2, -0.15) is 0 Å². The second kappa shape index (κ2) is 6.75. The molecule has 0 amide bonds. The molecule has 0 fully saturated rings. The third-order valence-electron chi connectivity index (χ3n) is 2.01. The Hall–Kier alpha value is -1.65. The van der Waals surface area contributed by atoms with Gasteiger partial charge in [-0.05, 0) is 6.42 Å². The van der Waals surface area contributed by atoms with Crippen LogP contribution in [0, 0.1) is 0 Å². The van der Waals surface area contributed by atoms with Crippen LogP contribution in [0.1, 0.15) is 25.6 Å². The number of imidazole rings is 1. The summed E-state index contributed by atoms with van der Waals surface area (Å²) in [7, 11) is 2.04. The minimum absolute atomic E-state index is 1.11. The summed E-state index contributed by atoms with van der Waals surface area (Å²) in [4.78, 5) is 4.22. The Bertz CT molecular complexity index is 321. The number of unbranched alkanes of at least 4 members (excludes halogenated alkanes) is 1. The lowest BCUT2D eigenvalue weighted by molar-refractivity contribution is 0.712. The van der Waals surface area contributed by atoms with Gasteiger partial charge in [0.1, 0.15) is 5.82 Å². The van der Waals surface area contributed by atoms with Gasteiger partial charge >= 0.3 is 0 Å². The van der Waals surface area contributed by atoms with Crippen molar-refractivity contribution in [3.63, 3.8) is 0 Å². The highest BCUT2D eigenvalue weighted by molar-refractivity contribution is 4.90. The molecular formula is C10H17N5. The van der Waals surface area contributed by atoms with Crippen LogP contribution >= 0.6 is 0 Å². The number of hydrogen-bond donors (Lipinski definition) is 1. The van der Waals surface area contributed by atoms with Gasteiger partial charge < -0.3 is 4.57 Å². The molecule has 0 saturated heterocycles. The summed E-state index contributed by atoms with van der Waals surface area (Å²) in [5, 5.41) is 9.26. The molecule has 0 aliphatic rings. The topological polar surface area (TPSA) is 59.4 Å². The van der Waals surface area contributed by atoms with Crippen LogP contribution in [0.15, 0.2) is 24.8 Å². The van der Waals surface area contributed by atoms with Crippen LogP contribution in [-0.4, -0.2) is 25.0 Å². The SMILES string of the molecule is CCCCc1nccn1C.c1c[nH]nn1. The zero-order valence-corrected chi connectivity index (χ0v) is 9.22. The lowest BCUT2D eigenvalue weighted by atomic mass is 10.2. The minimum atomic E-state index is 1.11. The second-order valence-electron chi connectivity index (χ2n) is 3.22. The lowest BCUT2D eigenvalue weighted by Gasteiger charge is -1.97. The molecule has 2 rings (SSSR count). The lowest BCUT2D eigenvalue weighted by Crippen LogP contribution is -1.96. The zero-order valence-electron chi connectivity index (χ0n) is 9.22. The number of aromatic nitrogens is 5. The van der Waals surface area contributed by atoms with Crippen molar-refractivity contribution in [1.29, 1.82) is 0 Å². The first-order valence-electron chi connectivity index (χ1n) is 5.11. The largest absolute Gasteiger partial charge is 0.338 e. The van der Waals surface area contributed by atoms with E-state index in [-0.39, 0.29) is 0 Å².